The lowest BCUT2D eigenvalue weighted by molar-refractivity contribution is -0.133. The van der Waals surface area contributed by atoms with Gasteiger partial charge in [0.25, 0.3) is 0 Å². The van der Waals surface area contributed by atoms with Crippen molar-refractivity contribution >= 4 is 35.5 Å². The fourth-order valence-electron chi connectivity index (χ4n) is 3.48. The number of nitrogens with zero attached hydrogens (tertiary/aromatic N) is 5. The molecule has 0 N–H and O–H groups in total. The van der Waals surface area contributed by atoms with Gasteiger partial charge < -0.3 is 23.8 Å². The zero-order valence-electron chi connectivity index (χ0n) is 19.9. The molecule has 0 saturated carbocycles. The summed E-state index contributed by atoms with van der Waals surface area (Å²) in [5.41, 5.74) is -1.29. The second-order valence-electron chi connectivity index (χ2n) is 9.05. The molecule has 0 aliphatic carbocycles. The maximum absolute atomic E-state index is 12.9. The van der Waals surface area contributed by atoms with Crippen LogP contribution in [0.4, 0.5) is 4.79 Å². The molecule has 2 aromatic rings. The summed E-state index contributed by atoms with van der Waals surface area (Å²) < 4.78 is 13.7. The molecule has 1 saturated heterocycles. The molecule has 3 rings (SSSR count). The number of fused-ring (bicyclic) bond motifs is 1. The molecule has 2 amide bonds. The summed E-state index contributed by atoms with van der Waals surface area (Å²) in [4.78, 5) is 57.6. The van der Waals surface area contributed by atoms with Crippen LogP contribution in [0.25, 0.3) is 5.78 Å². The van der Waals surface area contributed by atoms with Gasteiger partial charge in [-0.25, -0.2) is 14.2 Å². The van der Waals surface area contributed by atoms with Crippen molar-refractivity contribution in [2.45, 2.75) is 52.7 Å². The highest BCUT2D eigenvalue weighted by Crippen LogP contribution is 2.17. The molecule has 3 heterocycles. The Morgan fingerprint density at radius 2 is 1.74 bits per heavy atom. The van der Waals surface area contributed by atoms with E-state index in [1.54, 1.807) is 36.8 Å². The van der Waals surface area contributed by atoms with Gasteiger partial charge in [-0.05, 0) is 27.2 Å². The van der Waals surface area contributed by atoms with Crippen LogP contribution >= 0.6 is 12.6 Å². The van der Waals surface area contributed by atoms with E-state index in [4.69, 9.17) is 9.47 Å². The molecule has 1 aliphatic heterocycles. The van der Waals surface area contributed by atoms with Crippen molar-refractivity contribution in [3.63, 3.8) is 0 Å². The normalized spacial score (nSPS) is 14.4. The monoisotopic (exact) mass is 493 g/mol. The van der Waals surface area contributed by atoms with Crippen molar-refractivity contribution in [2.75, 3.05) is 32.8 Å². The number of hydrogen-bond acceptors (Lipinski definition) is 7. The predicted molar refractivity (Wildman–Crippen MR) is 128 cm³/mol. The first-order chi connectivity index (χ1) is 16.0. The number of piperazine rings is 1. The van der Waals surface area contributed by atoms with Crippen LogP contribution in [0.5, 0.6) is 5.75 Å². The van der Waals surface area contributed by atoms with E-state index < -0.39 is 22.4 Å². The lowest BCUT2D eigenvalue weighted by atomic mass is 10.2. The van der Waals surface area contributed by atoms with E-state index in [1.165, 1.54) is 15.2 Å². The zero-order chi connectivity index (χ0) is 25.0. The predicted octanol–water partition coefficient (Wildman–Crippen LogP) is 1.82. The third kappa shape index (κ3) is 5.91. The van der Waals surface area contributed by atoms with Gasteiger partial charge in [0.2, 0.25) is 22.5 Å². The number of carbonyl (C=O) groups is 3. The third-order valence-corrected chi connectivity index (χ3v) is 5.46. The Labute approximate surface area is 203 Å². The van der Waals surface area contributed by atoms with Gasteiger partial charge in [0.05, 0.1) is 6.61 Å². The first kappa shape index (κ1) is 25.6. The molecule has 12 heteroatoms. The van der Waals surface area contributed by atoms with E-state index in [2.05, 4.69) is 17.6 Å². The zero-order valence-corrected chi connectivity index (χ0v) is 20.8. The summed E-state index contributed by atoms with van der Waals surface area (Å²) in [5, 5.41) is -0.691. The summed E-state index contributed by atoms with van der Waals surface area (Å²) in [6.45, 7) is 9.05. The lowest BCUT2D eigenvalue weighted by Crippen LogP contribution is -2.52. The first-order valence-electron chi connectivity index (χ1n) is 11.2. The van der Waals surface area contributed by atoms with Crippen LogP contribution < -0.4 is 10.3 Å². The Bertz CT molecular complexity index is 1130. The minimum atomic E-state index is -0.691. The molecule has 11 nitrogen and oxygen atoms in total. The molecule has 34 heavy (non-hydrogen) atoms. The second kappa shape index (κ2) is 10.5. The number of hydrogen-bond donors (Lipinski definition) is 1. The van der Waals surface area contributed by atoms with E-state index in [0.717, 1.165) is 12.8 Å². The smallest absolute Gasteiger partial charge is 0.410 e. The van der Waals surface area contributed by atoms with Gasteiger partial charge in [-0.15, -0.1) is 0 Å². The molecule has 0 spiro atoms. The third-order valence-electron chi connectivity index (χ3n) is 5.24. The summed E-state index contributed by atoms with van der Waals surface area (Å²) in [7, 11) is 0. The van der Waals surface area contributed by atoms with Gasteiger partial charge in [0.15, 0.2) is 5.69 Å². The van der Waals surface area contributed by atoms with Gasteiger partial charge in [-0.1, -0.05) is 26.0 Å². The maximum atomic E-state index is 12.9. The molecule has 0 bridgehead atoms. The summed E-state index contributed by atoms with van der Waals surface area (Å²) >= 11 is 3.84. The number of unbranched alkanes of at least 4 members (excludes halogenated alkanes) is 1. The van der Waals surface area contributed by atoms with E-state index in [9.17, 15) is 19.2 Å². The number of carbonyl (C=O) groups excluding carboxylic acids is 3. The van der Waals surface area contributed by atoms with E-state index in [1.807, 2.05) is 6.92 Å². The molecule has 1 aliphatic rings. The fourth-order valence-corrected chi connectivity index (χ4v) is 3.64. The van der Waals surface area contributed by atoms with Crippen molar-refractivity contribution in [3.05, 3.63) is 28.4 Å². The van der Waals surface area contributed by atoms with Crippen LogP contribution in [-0.4, -0.2) is 79.3 Å². The molecule has 0 unspecified atom stereocenters. The van der Waals surface area contributed by atoms with Crippen molar-refractivity contribution < 1.29 is 23.9 Å². The summed E-state index contributed by atoms with van der Waals surface area (Å²) in [6, 6.07) is 0. The minimum absolute atomic E-state index is 0.0778. The molecular weight excluding hydrogens is 462 g/mol. The summed E-state index contributed by atoms with van der Waals surface area (Å²) in [5.74, 6) is -0.197. The fraction of sp³-hybridized carbons (Fsp3) is 0.591. The second-order valence-corrected chi connectivity index (χ2v) is 9.45. The minimum Gasteiger partial charge on any atom is -0.486 e. The van der Waals surface area contributed by atoms with Crippen LogP contribution in [-0.2, 0) is 16.1 Å². The van der Waals surface area contributed by atoms with Gasteiger partial charge >= 0.3 is 11.7 Å². The highest BCUT2D eigenvalue weighted by atomic mass is 32.1. The standard InChI is InChI=1S/C22H31N5O6S/c1-5-6-13-32-17-16(19(30)34)23-20-26(11-12-27(20)18(17)29)14-15(28)24-7-9-25(10-8-24)21(31)33-22(2,3)4/h11-12H,5-10,13-14H2,1-4H3,(H,30,34). The number of thiol groups is 1. The number of amides is 2. The highest BCUT2D eigenvalue weighted by Gasteiger charge is 2.28. The van der Waals surface area contributed by atoms with Gasteiger partial charge in [0.1, 0.15) is 12.1 Å². The van der Waals surface area contributed by atoms with Gasteiger partial charge in [-0.3, -0.25) is 14.4 Å². The Morgan fingerprint density at radius 3 is 2.32 bits per heavy atom. The van der Waals surface area contributed by atoms with Crippen LogP contribution in [0.2, 0.25) is 0 Å². The van der Waals surface area contributed by atoms with Crippen molar-refractivity contribution in [3.8, 4) is 5.75 Å². The Hall–Kier alpha value is -3.02. The average Bonchev–Trinajstić information content (AvgIpc) is 3.16. The summed E-state index contributed by atoms with van der Waals surface area (Å²) in [6.07, 6.45) is 4.23. The number of rotatable bonds is 7. The van der Waals surface area contributed by atoms with Crippen molar-refractivity contribution in [1.29, 1.82) is 0 Å². The number of imidazole rings is 1. The maximum Gasteiger partial charge on any atom is 0.410 e. The average molecular weight is 494 g/mol. The molecular formula is C22H31N5O6S. The number of aromatic nitrogens is 3. The van der Waals surface area contributed by atoms with Crippen LogP contribution in [0.3, 0.4) is 0 Å². The molecule has 0 radical (unpaired) electrons. The lowest BCUT2D eigenvalue weighted by Gasteiger charge is -2.35. The van der Waals surface area contributed by atoms with Crippen molar-refractivity contribution in [1.82, 2.24) is 23.8 Å². The quantitative estimate of drug-likeness (QED) is 0.462. The van der Waals surface area contributed by atoms with E-state index in [0.29, 0.717) is 26.2 Å². The van der Waals surface area contributed by atoms with Crippen LogP contribution in [0.1, 0.15) is 51.0 Å². The van der Waals surface area contributed by atoms with E-state index >= 15 is 0 Å². The van der Waals surface area contributed by atoms with Crippen LogP contribution in [0, 0.1) is 0 Å². The van der Waals surface area contributed by atoms with E-state index in [-0.39, 0.29) is 36.3 Å². The SMILES string of the molecule is CCCCOc1c(C(=O)S)nc2n(CC(=O)N3CCN(C(=O)OC(C)(C)C)CC3)ccn2c1=O. The highest BCUT2D eigenvalue weighted by molar-refractivity contribution is 7.97. The molecule has 0 aromatic carbocycles. The first-order valence-corrected chi connectivity index (χ1v) is 11.7. The topological polar surface area (TPSA) is 115 Å². The molecule has 186 valence electrons. The molecule has 0 atom stereocenters. The van der Waals surface area contributed by atoms with Gasteiger partial charge in [0, 0.05) is 38.6 Å². The Kier molecular flexibility index (Phi) is 7.90. The number of ether oxygens (including phenoxy) is 2. The molecule has 1 fully saturated rings. The molecule has 2 aromatic heterocycles. The largest absolute Gasteiger partial charge is 0.486 e. The van der Waals surface area contributed by atoms with Crippen LogP contribution in [0.15, 0.2) is 17.2 Å². The van der Waals surface area contributed by atoms with Gasteiger partial charge in [-0.2, -0.15) is 0 Å². The van der Waals surface area contributed by atoms with Crippen molar-refractivity contribution in [2.24, 2.45) is 0 Å². The Balaban J connectivity index is 1.73. The Morgan fingerprint density at radius 1 is 1.09 bits per heavy atom.